The van der Waals surface area contributed by atoms with Gasteiger partial charge in [0.2, 0.25) is 0 Å². The molecule has 2 rings (SSSR count). The first-order chi connectivity index (χ1) is 9.16. The molecule has 1 atom stereocenters. The van der Waals surface area contributed by atoms with Crippen LogP contribution in [0.15, 0.2) is 30.3 Å². The molecule has 0 aromatic heterocycles. The zero-order valence-corrected chi connectivity index (χ0v) is 11.2. The van der Waals surface area contributed by atoms with Gasteiger partial charge in [-0.1, -0.05) is 37.3 Å². The predicted octanol–water partition coefficient (Wildman–Crippen LogP) is 2.62. The van der Waals surface area contributed by atoms with E-state index >= 15 is 0 Å². The zero-order valence-electron chi connectivity index (χ0n) is 11.2. The molecule has 1 heterocycles. The molecule has 4 nitrogen and oxygen atoms in total. The molecule has 19 heavy (non-hydrogen) atoms. The topological polar surface area (TPSA) is 46.6 Å². The molecule has 1 amide bonds. The second-order valence-corrected chi connectivity index (χ2v) is 4.97. The number of nitrogens with zero attached hydrogens (tertiary/aromatic N) is 1. The molecule has 1 aliphatic rings. The van der Waals surface area contributed by atoms with E-state index in [-0.39, 0.29) is 24.9 Å². The summed E-state index contributed by atoms with van der Waals surface area (Å²) in [7, 11) is 0. The fraction of sp³-hybridized carbons (Fsp3) is 0.467. The highest BCUT2D eigenvalue weighted by Gasteiger charge is 2.25. The molecule has 1 saturated heterocycles. The van der Waals surface area contributed by atoms with Crippen molar-refractivity contribution in [3.8, 4) is 0 Å². The predicted molar refractivity (Wildman–Crippen MR) is 71.6 cm³/mol. The van der Waals surface area contributed by atoms with Crippen molar-refractivity contribution in [3.63, 3.8) is 0 Å². The first-order valence-corrected chi connectivity index (χ1v) is 6.65. The highest BCUT2D eigenvalue weighted by atomic mass is 16.6. The molecule has 102 valence electrons. The van der Waals surface area contributed by atoms with Gasteiger partial charge in [-0.25, -0.2) is 4.79 Å². The number of hydrogen-bond acceptors (Lipinski definition) is 3. The molecule has 0 aliphatic carbocycles. The number of benzene rings is 1. The number of rotatable bonds is 2. The van der Waals surface area contributed by atoms with Gasteiger partial charge in [-0.3, -0.25) is 4.79 Å². The summed E-state index contributed by atoms with van der Waals surface area (Å²) in [6.07, 6.45) is 1.31. The Morgan fingerprint density at radius 3 is 2.84 bits per heavy atom. The Bertz CT molecular complexity index is 444. The SMILES string of the molecule is CC1CCCN(C(=O)OCc2ccccc2)CC1=O. The number of likely N-dealkylation sites (tertiary alicyclic amines) is 1. The van der Waals surface area contributed by atoms with E-state index in [1.807, 2.05) is 37.3 Å². The molecule has 0 bridgehead atoms. The molecule has 0 radical (unpaired) electrons. The Hall–Kier alpha value is -1.84. The van der Waals surface area contributed by atoms with Crippen LogP contribution in [0.5, 0.6) is 0 Å². The van der Waals surface area contributed by atoms with Gasteiger partial charge >= 0.3 is 6.09 Å². The van der Waals surface area contributed by atoms with Gasteiger partial charge in [0.05, 0.1) is 6.54 Å². The Labute approximate surface area is 113 Å². The number of ketones is 1. The summed E-state index contributed by atoms with van der Waals surface area (Å²) in [4.78, 5) is 25.2. The molecule has 0 saturated carbocycles. The van der Waals surface area contributed by atoms with Crippen LogP contribution in [0.3, 0.4) is 0 Å². The lowest BCUT2D eigenvalue weighted by molar-refractivity contribution is -0.122. The number of amides is 1. The minimum absolute atomic E-state index is 0.0481. The summed E-state index contributed by atoms with van der Waals surface area (Å²) < 4.78 is 5.24. The molecule has 1 fully saturated rings. The van der Waals surface area contributed by atoms with E-state index in [1.165, 1.54) is 4.90 Å². The van der Waals surface area contributed by atoms with Gasteiger partial charge in [-0.05, 0) is 18.4 Å². The van der Waals surface area contributed by atoms with Gasteiger partial charge in [0.15, 0.2) is 5.78 Å². The van der Waals surface area contributed by atoms with Crippen molar-refractivity contribution in [2.24, 2.45) is 5.92 Å². The van der Waals surface area contributed by atoms with Crippen molar-refractivity contribution in [2.75, 3.05) is 13.1 Å². The highest BCUT2D eigenvalue weighted by Crippen LogP contribution is 2.14. The summed E-state index contributed by atoms with van der Waals surface area (Å²) in [5.74, 6) is 0.168. The van der Waals surface area contributed by atoms with E-state index in [0.29, 0.717) is 6.54 Å². The monoisotopic (exact) mass is 261 g/mol. The zero-order chi connectivity index (χ0) is 13.7. The summed E-state index contributed by atoms with van der Waals surface area (Å²) >= 11 is 0. The fourth-order valence-electron chi connectivity index (χ4n) is 2.14. The van der Waals surface area contributed by atoms with E-state index in [4.69, 9.17) is 4.74 Å². The van der Waals surface area contributed by atoms with Crippen molar-refractivity contribution < 1.29 is 14.3 Å². The molecule has 0 N–H and O–H groups in total. The van der Waals surface area contributed by atoms with Gasteiger partial charge in [-0.2, -0.15) is 0 Å². The Morgan fingerprint density at radius 1 is 1.37 bits per heavy atom. The summed E-state index contributed by atoms with van der Waals surface area (Å²) in [6, 6.07) is 9.53. The molecule has 4 heteroatoms. The number of hydrogen-bond donors (Lipinski definition) is 0. The molecule has 0 spiro atoms. The number of ether oxygens (including phenoxy) is 1. The summed E-state index contributed by atoms with van der Waals surface area (Å²) in [5.41, 5.74) is 0.949. The second-order valence-electron chi connectivity index (χ2n) is 4.97. The average molecular weight is 261 g/mol. The van der Waals surface area contributed by atoms with Crippen LogP contribution in [0.1, 0.15) is 25.3 Å². The first kappa shape index (κ1) is 13.6. The van der Waals surface area contributed by atoms with Crippen molar-refractivity contribution in [2.45, 2.75) is 26.4 Å². The van der Waals surface area contributed by atoms with Crippen LogP contribution in [0, 0.1) is 5.92 Å². The van der Waals surface area contributed by atoms with Crippen LogP contribution >= 0.6 is 0 Å². The third kappa shape index (κ3) is 3.81. The molecular weight excluding hydrogens is 242 g/mol. The minimum Gasteiger partial charge on any atom is -0.445 e. The van der Waals surface area contributed by atoms with Crippen molar-refractivity contribution in [3.05, 3.63) is 35.9 Å². The maximum absolute atomic E-state index is 11.9. The van der Waals surface area contributed by atoms with Crippen LogP contribution in [0.4, 0.5) is 4.79 Å². The largest absolute Gasteiger partial charge is 0.445 e. The maximum Gasteiger partial charge on any atom is 0.410 e. The van der Waals surface area contributed by atoms with E-state index in [1.54, 1.807) is 0 Å². The highest BCUT2D eigenvalue weighted by molar-refractivity contribution is 5.86. The lowest BCUT2D eigenvalue weighted by Crippen LogP contribution is -2.36. The maximum atomic E-state index is 11.9. The van der Waals surface area contributed by atoms with E-state index in [0.717, 1.165) is 18.4 Å². The van der Waals surface area contributed by atoms with E-state index < -0.39 is 6.09 Å². The lowest BCUT2D eigenvalue weighted by atomic mass is 10.0. The van der Waals surface area contributed by atoms with Crippen LogP contribution in [0.25, 0.3) is 0 Å². The number of carbonyl (C=O) groups excluding carboxylic acids is 2. The van der Waals surface area contributed by atoms with Crippen LogP contribution < -0.4 is 0 Å². The summed E-state index contributed by atoms with van der Waals surface area (Å²) in [6.45, 7) is 2.94. The average Bonchev–Trinajstić information content (AvgIpc) is 2.60. The van der Waals surface area contributed by atoms with Crippen LogP contribution in [-0.2, 0) is 16.1 Å². The molecular formula is C15H19NO3. The minimum atomic E-state index is -0.397. The Balaban J connectivity index is 1.87. The normalized spacial score (nSPS) is 19.9. The smallest absolute Gasteiger partial charge is 0.410 e. The Morgan fingerprint density at radius 2 is 2.11 bits per heavy atom. The van der Waals surface area contributed by atoms with Gasteiger partial charge in [0, 0.05) is 12.5 Å². The molecule has 1 aromatic carbocycles. The Kier molecular flexibility index (Phi) is 4.55. The van der Waals surface area contributed by atoms with Gasteiger partial charge in [0.25, 0.3) is 0 Å². The van der Waals surface area contributed by atoms with Crippen LogP contribution in [0.2, 0.25) is 0 Å². The van der Waals surface area contributed by atoms with Gasteiger partial charge in [0.1, 0.15) is 6.61 Å². The van der Waals surface area contributed by atoms with Crippen molar-refractivity contribution in [1.82, 2.24) is 4.90 Å². The molecule has 1 aromatic rings. The second kappa shape index (κ2) is 6.36. The standard InChI is InChI=1S/C15H19NO3/c1-12-6-5-9-16(10-14(12)17)15(18)19-11-13-7-3-2-4-8-13/h2-4,7-8,12H,5-6,9-11H2,1H3. The molecule has 1 unspecified atom stereocenters. The summed E-state index contributed by atoms with van der Waals surface area (Å²) in [5, 5.41) is 0. The number of carbonyl (C=O) groups is 2. The first-order valence-electron chi connectivity index (χ1n) is 6.65. The fourth-order valence-corrected chi connectivity index (χ4v) is 2.14. The van der Waals surface area contributed by atoms with Crippen molar-refractivity contribution in [1.29, 1.82) is 0 Å². The lowest BCUT2D eigenvalue weighted by Gasteiger charge is -2.19. The van der Waals surface area contributed by atoms with E-state index in [2.05, 4.69) is 0 Å². The van der Waals surface area contributed by atoms with Crippen LogP contribution in [-0.4, -0.2) is 29.9 Å². The van der Waals surface area contributed by atoms with Crippen molar-refractivity contribution >= 4 is 11.9 Å². The quantitative estimate of drug-likeness (QED) is 0.822. The van der Waals surface area contributed by atoms with Gasteiger partial charge in [-0.15, -0.1) is 0 Å². The third-order valence-electron chi connectivity index (χ3n) is 3.42. The third-order valence-corrected chi connectivity index (χ3v) is 3.42. The molecule has 1 aliphatic heterocycles. The van der Waals surface area contributed by atoms with E-state index in [9.17, 15) is 9.59 Å². The number of Topliss-reactive ketones (excluding diaryl/α,β-unsaturated/α-hetero) is 1. The van der Waals surface area contributed by atoms with Gasteiger partial charge < -0.3 is 9.64 Å².